The van der Waals surface area contributed by atoms with Crippen molar-refractivity contribution in [2.24, 2.45) is 5.92 Å². The summed E-state index contributed by atoms with van der Waals surface area (Å²) in [6.45, 7) is 6.53. The number of alkyl halides is 2. The minimum Gasteiger partial charge on any atom is -0.231 e. The quantitative estimate of drug-likeness (QED) is 0.673. The maximum atomic E-state index is 12.9. The lowest BCUT2D eigenvalue weighted by molar-refractivity contribution is -0.168. The molecule has 1 saturated heterocycles. The summed E-state index contributed by atoms with van der Waals surface area (Å²) in [5, 5.41) is 3.22. The Labute approximate surface area is 97.6 Å². The molecular formula is C12H24F2N2. The highest BCUT2D eigenvalue weighted by atomic mass is 19.3. The maximum absolute atomic E-state index is 12.9. The Kier molecular flexibility index (Phi) is 5.12. The summed E-state index contributed by atoms with van der Waals surface area (Å²) < 4.78 is 25.9. The normalized spacial score (nSPS) is 24.2. The average Bonchev–Trinajstić information content (AvgIpc) is 2.64. The Bertz CT molecular complexity index is 189. The van der Waals surface area contributed by atoms with E-state index in [-0.39, 0.29) is 12.1 Å². The average molecular weight is 234 g/mol. The molecule has 0 aliphatic carbocycles. The van der Waals surface area contributed by atoms with Crippen LogP contribution in [-0.4, -0.2) is 35.2 Å². The molecule has 0 radical (unpaired) electrons. The molecule has 0 aromatic heterocycles. The molecular weight excluding hydrogens is 210 g/mol. The lowest BCUT2D eigenvalue weighted by Gasteiger charge is -2.39. The van der Waals surface area contributed by atoms with Crippen LogP contribution in [0.5, 0.6) is 0 Å². The molecule has 1 unspecified atom stereocenters. The first kappa shape index (κ1) is 13.8. The van der Waals surface area contributed by atoms with Crippen LogP contribution in [0, 0.1) is 5.92 Å². The molecule has 0 N–H and O–H groups in total. The van der Waals surface area contributed by atoms with Gasteiger partial charge in [-0.15, -0.1) is 0 Å². The van der Waals surface area contributed by atoms with Crippen LogP contribution in [0.3, 0.4) is 0 Å². The zero-order valence-electron chi connectivity index (χ0n) is 10.8. The van der Waals surface area contributed by atoms with Crippen molar-refractivity contribution in [3.8, 4) is 0 Å². The van der Waals surface area contributed by atoms with E-state index < -0.39 is 6.55 Å². The van der Waals surface area contributed by atoms with Crippen molar-refractivity contribution in [1.29, 1.82) is 0 Å². The van der Waals surface area contributed by atoms with E-state index in [0.717, 1.165) is 19.3 Å². The standard InChI is InChI=1S/C12H24F2N2/c1-5-10(6-2)16-11(9(3)4)7-8-15(16)12(13)14/h9-12H,5-8H2,1-4H3. The smallest absolute Gasteiger partial charge is 0.231 e. The van der Waals surface area contributed by atoms with Gasteiger partial charge in [0.05, 0.1) is 0 Å². The van der Waals surface area contributed by atoms with E-state index >= 15 is 0 Å². The van der Waals surface area contributed by atoms with Gasteiger partial charge >= 0.3 is 6.55 Å². The van der Waals surface area contributed by atoms with Crippen LogP contribution in [-0.2, 0) is 0 Å². The first-order valence-corrected chi connectivity index (χ1v) is 6.35. The van der Waals surface area contributed by atoms with Gasteiger partial charge in [-0.1, -0.05) is 27.7 Å². The van der Waals surface area contributed by atoms with Crippen molar-refractivity contribution >= 4 is 0 Å². The minimum absolute atomic E-state index is 0.254. The van der Waals surface area contributed by atoms with E-state index in [1.165, 1.54) is 5.01 Å². The summed E-state index contributed by atoms with van der Waals surface area (Å²) in [7, 11) is 0. The van der Waals surface area contributed by atoms with Gasteiger partial charge in [0.25, 0.3) is 0 Å². The molecule has 0 aromatic rings. The van der Waals surface area contributed by atoms with Gasteiger partial charge in [0, 0.05) is 18.6 Å². The van der Waals surface area contributed by atoms with E-state index in [1.807, 2.05) is 5.01 Å². The highest BCUT2D eigenvalue weighted by molar-refractivity contribution is 4.85. The molecule has 16 heavy (non-hydrogen) atoms. The Hall–Kier alpha value is -0.220. The largest absolute Gasteiger partial charge is 0.307 e. The molecule has 1 aliphatic rings. The van der Waals surface area contributed by atoms with Crippen LogP contribution in [0.25, 0.3) is 0 Å². The van der Waals surface area contributed by atoms with Gasteiger partial charge in [0.15, 0.2) is 0 Å². The first-order chi connectivity index (χ1) is 7.52. The molecule has 2 nitrogen and oxygen atoms in total. The van der Waals surface area contributed by atoms with Crippen molar-refractivity contribution in [2.45, 2.75) is 65.6 Å². The molecule has 4 heteroatoms. The van der Waals surface area contributed by atoms with Crippen molar-refractivity contribution in [3.63, 3.8) is 0 Å². The van der Waals surface area contributed by atoms with Crippen LogP contribution in [0.4, 0.5) is 8.78 Å². The van der Waals surface area contributed by atoms with E-state index in [9.17, 15) is 8.78 Å². The summed E-state index contributed by atoms with van der Waals surface area (Å²) in [5.41, 5.74) is 0. The highest BCUT2D eigenvalue weighted by Crippen LogP contribution is 2.31. The fraction of sp³-hybridized carbons (Fsp3) is 1.00. The SMILES string of the molecule is CCC(CC)N1C(C(C)C)CCN1C(F)F. The number of hydrogen-bond donors (Lipinski definition) is 0. The predicted octanol–water partition coefficient (Wildman–Crippen LogP) is 3.34. The van der Waals surface area contributed by atoms with Crippen LogP contribution in [0.15, 0.2) is 0 Å². The van der Waals surface area contributed by atoms with Gasteiger partial charge in [-0.3, -0.25) is 0 Å². The topological polar surface area (TPSA) is 6.48 Å². The summed E-state index contributed by atoms with van der Waals surface area (Å²) in [4.78, 5) is 0. The number of hydrazine groups is 1. The van der Waals surface area contributed by atoms with Gasteiger partial charge in [0.1, 0.15) is 0 Å². The molecule has 96 valence electrons. The monoisotopic (exact) mass is 234 g/mol. The number of hydrogen-bond acceptors (Lipinski definition) is 2. The van der Waals surface area contributed by atoms with Crippen molar-refractivity contribution < 1.29 is 8.78 Å². The summed E-state index contributed by atoms with van der Waals surface area (Å²) in [6.07, 6.45) is 2.73. The molecule has 0 aromatic carbocycles. The van der Waals surface area contributed by atoms with E-state index in [0.29, 0.717) is 12.5 Å². The molecule has 0 bridgehead atoms. The lowest BCUT2D eigenvalue weighted by Crippen LogP contribution is -2.51. The minimum atomic E-state index is -2.36. The second-order valence-corrected chi connectivity index (χ2v) is 4.89. The van der Waals surface area contributed by atoms with E-state index in [2.05, 4.69) is 27.7 Å². The fourth-order valence-electron chi connectivity index (χ4n) is 2.68. The second kappa shape index (κ2) is 5.92. The summed E-state index contributed by atoms with van der Waals surface area (Å²) in [5.74, 6) is 0.435. The molecule has 0 saturated carbocycles. The molecule has 1 fully saturated rings. The van der Waals surface area contributed by atoms with E-state index in [4.69, 9.17) is 0 Å². The zero-order valence-corrected chi connectivity index (χ0v) is 10.8. The van der Waals surface area contributed by atoms with Gasteiger partial charge < -0.3 is 0 Å². The Morgan fingerprint density at radius 2 is 1.75 bits per heavy atom. The molecule has 1 heterocycles. The van der Waals surface area contributed by atoms with E-state index in [1.54, 1.807) is 0 Å². The van der Waals surface area contributed by atoms with Gasteiger partial charge in [-0.2, -0.15) is 13.8 Å². The Balaban J connectivity index is 2.83. The van der Waals surface area contributed by atoms with Gasteiger partial charge in [0.2, 0.25) is 0 Å². The predicted molar refractivity (Wildman–Crippen MR) is 62.2 cm³/mol. The second-order valence-electron chi connectivity index (χ2n) is 4.89. The lowest BCUT2D eigenvalue weighted by atomic mass is 9.99. The number of halogens is 2. The Morgan fingerprint density at radius 1 is 1.19 bits per heavy atom. The van der Waals surface area contributed by atoms with Crippen LogP contribution in [0.1, 0.15) is 47.0 Å². The zero-order chi connectivity index (χ0) is 12.3. The number of rotatable bonds is 5. The third-order valence-electron chi connectivity index (χ3n) is 3.60. The van der Waals surface area contributed by atoms with Crippen LogP contribution in [0.2, 0.25) is 0 Å². The Morgan fingerprint density at radius 3 is 2.12 bits per heavy atom. The molecule has 1 rings (SSSR count). The fourth-order valence-corrected chi connectivity index (χ4v) is 2.68. The summed E-state index contributed by atoms with van der Waals surface area (Å²) in [6, 6.07) is 0.530. The van der Waals surface area contributed by atoms with Gasteiger partial charge in [-0.05, 0) is 25.2 Å². The molecule has 1 atom stereocenters. The molecule has 0 amide bonds. The summed E-state index contributed by atoms with van der Waals surface area (Å²) >= 11 is 0. The third kappa shape index (κ3) is 2.72. The highest BCUT2D eigenvalue weighted by Gasteiger charge is 2.40. The molecule has 0 spiro atoms. The van der Waals surface area contributed by atoms with Crippen molar-refractivity contribution in [1.82, 2.24) is 10.0 Å². The maximum Gasteiger partial charge on any atom is 0.307 e. The van der Waals surface area contributed by atoms with Crippen molar-refractivity contribution in [3.05, 3.63) is 0 Å². The third-order valence-corrected chi connectivity index (χ3v) is 3.60. The van der Waals surface area contributed by atoms with Crippen molar-refractivity contribution in [2.75, 3.05) is 6.54 Å². The van der Waals surface area contributed by atoms with Crippen LogP contribution < -0.4 is 0 Å². The molecule has 1 aliphatic heterocycles. The van der Waals surface area contributed by atoms with Crippen LogP contribution >= 0.6 is 0 Å². The first-order valence-electron chi connectivity index (χ1n) is 6.35. The van der Waals surface area contributed by atoms with Gasteiger partial charge in [-0.25, -0.2) is 5.01 Å². The number of nitrogens with zero attached hydrogens (tertiary/aromatic N) is 2.